The fourth-order valence-corrected chi connectivity index (χ4v) is 7.06. The second-order valence-electron chi connectivity index (χ2n) is 10.3. The van der Waals surface area contributed by atoms with E-state index in [0.717, 1.165) is 37.8 Å². The number of fused-ring (bicyclic) bond motifs is 1. The van der Waals surface area contributed by atoms with Crippen LogP contribution in [0.1, 0.15) is 64.5 Å². The molecule has 3 saturated carbocycles. The number of aliphatic hydroxyl groups is 2. The lowest BCUT2D eigenvalue weighted by atomic mass is 9.49. The van der Waals surface area contributed by atoms with Crippen molar-refractivity contribution >= 4 is 6.08 Å². The summed E-state index contributed by atoms with van der Waals surface area (Å²) in [6.07, 6.45) is 13.3. The van der Waals surface area contributed by atoms with E-state index in [2.05, 4.69) is 37.6 Å². The first kappa shape index (κ1) is 20.8. The zero-order valence-corrected chi connectivity index (χ0v) is 18.1. The van der Waals surface area contributed by atoms with Gasteiger partial charge in [-0.3, -0.25) is 4.98 Å². The predicted molar refractivity (Wildman–Crippen MR) is 118 cm³/mol. The van der Waals surface area contributed by atoms with Crippen LogP contribution in [0.5, 0.6) is 0 Å². The minimum atomic E-state index is -0.228. The van der Waals surface area contributed by atoms with Crippen LogP contribution in [-0.4, -0.2) is 27.9 Å². The van der Waals surface area contributed by atoms with Gasteiger partial charge < -0.3 is 10.2 Å². The third-order valence-corrected chi connectivity index (χ3v) is 9.03. The van der Waals surface area contributed by atoms with Gasteiger partial charge in [-0.15, -0.1) is 0 Å². The summed E-state index contributed by atoms with van der Waals surface area (Å²) in [6, 6.07) is 5.98. The molecule has 0 aliphatic heterocycles. The fraction of sp³-hybridized carbons (Fsp3) is 0.654. The van der Waals surface area contributed by atoms with Crippen molar-refractivity contribution in [2.75, 3.05) is 6.61 Å². The second-order valence-corrected chi connectivity index (χ2v) is 10.3. The number of nitrogens with zero attached hydrogens (tertiary/aromatic N) is 1. The van der Waals surface area contributed by atoms with Crippen molar-refractivity contribution in [2.45, 2.75) is 64.9 Å². The molecule has 0 radical (unpaired) electrons. The number of aliphatic hydroxyl groups excluding tert-OH is 2. The molecule has 0 spiro atoms. The highest BCUT2D eigenvalue weighted by molar-refractivity contribution is 5.44. The third-order valence-electron chi connectivity index (χ3n) is 9.03. The van der Waals surface area contributed by atoms with Gasteiger partial charge in [-0.25, -0.2) is 0 Å². The number of aromatic nitrogens is 1. The topological polar surface area (TPSA) is 53.4 Å². The van der Waals surface area contributed by atoms with E-state index in [0.29, 0.717) is 23.7 Å². The first-order valence-electron chi connectivity index (χ1n) is 11.4. The van der Waals surface area contributed by atoms with Crippen molar-refractivity contribution in [2.24, 2.45) is 34.5 Å². The standard InChI is InChI=1S/C26H37NO2/c1-18-7-10-23-22(17-28)24(12-14-25(18,23)2)26(3)13-11-21(29)16-19(26)8-9-20-6-4-5-15-27-20/h4-6,8-9,15,19,21-24,28-29H,1,7,10-14,16-17H2,2-3H3. The average molecular weight is 396 g/mol. The summed E-state index contributed by atoms with van der Waals surface area (Å²) in [5.74, 6) is 1.67. The quantitative estimate of drug-likeness (QED) is 0.684. The molecule has 3 aliphatic rings. The number of allylic oxidation sites excluding steroid dienone is 2. The highest BCUT2D eigenvalue weighted by Gasteiger charge is 2.56. The van der Waals surface area contributed by atoms with Crippen molar-refractivity contribution < 1.29 is 10.2 Å². The molecule has 29 heavy (non-hydrogen) atoms. The largest absolute Gasteiger partial charge is 0.396 e. The Morgan fingerprint density at radius 3 is 2.72 bits per heavy atom. The Balaban J connectivity index is 1.63. The van der Waals surface area contributed by atoms with Gasteiger partial charge in [0.25, 0.3) is 0 Å². The second kappa shape index (κ2) is 8.00. The summed E-state index contributed by atoms with van der Waals surface area (Å²) in [4.78, 5) is 4.44. The lowest BCUT2D eigenvalue weighted by Gasteiger charge is -2.56. The van der Waals surface area contributed by atoms with Crippen molar-refractivity contribution in [3.63, 3.8) is 0 Å². The van der Waals surface area contributed by atoms with E-state index in [9.17, 15) is 10.2 Å². The van der Waals surface area contributed by atoms with E-state index >= 15 is 0 Å². The molecule has 1 heterocycles. The molecule has 3 aliphatic carbocycles. The maximum Gasteiger partial charge on any atom is 0.0626 e. The highest BCUT2D eigenvalue weighted by atomic mass is 16.3. The highest BCUT2D eigenvalue weighted by Crippen LogP contribution is 2.63. The zero-order valence-electron chi connectivity index (χ0n) is 18.1. The molecule has 3 nitrogen and oxygen atoms in total. The normalized spacial score (nSPS) is 42.9. The summed E-state index contributed by atoms with van der Waals surface area (Å²) >= 11 is 0. The molecular weight excluding hydrogens is 358 g/mol. The minimum absolute atomic E-state index is 0.100. The number of pyridine rings is 1. The first-order chi connectivity index (χ1) is 13.9. The van der Waals surface area contributed by atoms with E-state index in [4.69, 9.17) is 0 Å². The van der Waals surface area contributed by atoms with Gasteiger partial charge in [-0.05, 0) is 97.7 Å². The molecule has 7 unspecified atom stereocenters. The van der Waals surface area contributed by atoms with E-state index in [1.54, 1.807) is 0 Å². The molecule has 3 heteroatoms. The van der Waals surface area contributed by atoms with Crippen LogP contribution in [0.3, 0.4) is 0 Å². The minimum Gasteiger partial charge on any atom is -0.396 e. The van der Waals surface area contributed by atoms with Crippen molar-refractivity contribution in [3.05, 3.63) is 48.3 Å². The van der Waals surface area contributed by atoms with E-state index in [1.165, 1.54) is 18.4 Å². The van der Waals surface area contributed by atoms with Crippen LogP contribution < -0.4 is 0 Å². The van der Waals surface area contributed by atoms with Crippen molar-refractivity contribution in [1.82, 2.24) is 4.98 Å². The lowest BCUT2D eigenvalue weighted by molar-refractivity contribution is -0.0823. The van der Waals surface area contributed by atoms with E-state index in [1.807, 2.05) is 24.4 Å². The van der Waals surface area contributed by atoms with Crippen LogP contribution in [0.15, 0.2) is 42.6 Å². The van der Waals surface area contributed by atoms with Gasteiger partial charge in [0.05, 0.1) is 11.8 Å². The van der Waals surface area contributed by atoms with Gasteiger partial charge in [0, 0.05) is 12.8 Å². The molecule has 1 aromatic rings. The van der Waals surface area contributed by atoms with Crippen molar-refractivity contribution in [1.29, 1.82) is 0 Å². The Kier molecular flexibility index (Phi) is 5.74. The monoisotopic (exact) mass is 395 g/mol. The molecule has 0 bridgehead atoms. The summed E-state index contributed by atoms with van der Waals surface area (Å²) < 4.78 is 0. The third kappa shape index (κ3) is 3.61. The predicted octanol–water partition coefficient (Wildman–Crippen LogP) is 5.25. The van der Waals surface area contributed by atoms with Gasteiger partial charge in [0.15, 0.2) is 0 Å². The van der Waals surface area contributed by atoms with Gasteiger partial charge in [0.2, 0.25) is 0 Å². The maximum atomic E-state index is 10.5. The fourth-order valence-electron chi connectivity index (χ4n) is 7.06. The molecule has 2 N–H and O–H groups in total. The van der Waals surface area contributed by atoms with Crippen LogP contribution >= 0.6 is 0 Å². The lowest BCUT2D eigenvalue weighted by Crippen LogP contribution is -2.50. The van der Waals surface area contributed by atoms with Crippen LogP contribution in [-0.2, 0) is 0 Å². The van der Waals surface area contributed by atoms with E-state index in [-0.39, 0.29) is 23.5 Å². The Labute approximate surface area is 176 Å². The van der Waals surface area contributed by atoms with Gasteiger partial charge in [0.1, 0.15) is 0 Å². The van der Waals surface area contributed by atoms with Crippen LogP contribution in [0, 0.1) is 34.5 Å². The smallest absolute Gasteiger partial charge is 0.0626 e. The summed E-state index contributed by atoms with van der Waals surface area (Å²) in [5, 5.41) is 20.9. The summed E-state index contributed by atoms with van der Waals surface area (Å²) in [6.45, 7) is 9.47. The Bertz CT molecular complexity index is 759. The number of hydrogen-bond donors (Lipinski definition) is 2. The van der Waals surface area contributed by atoms with Gasteiger partial charge in [-0.2, -0.15) is 0 Å². The number of hydrogen-bond acceptors (Lipinski definition) is 3. The first-order valence-corrected chi connectivity index (χ1v) is 11.4. The van der Waals surface area contributed by atoms with Crippen molar-refractivity contribution in [3.8, 4) is 0 Å². The zero-order chi connectivity index (χ0) is 20.6. The Hall–Kier alpha value is -1.45. The van der Waals surface area contributed by atoms with E-state index < -0.39 is 0 Å². The average Bonchev–Trinajstić information content (AvgIpc) is 3.03. The Morgan fingerprint density at radius 2 is 2.00 bits per heavy atom. The van der Waals surface area contributed by atoms with Crippen LogP contribution in [0.4, 0.5) is 0 Å². The molecule has 158 valence electrons. The summed E-state index contributed by atoms with van der Waals surface area (Å²) in [7, 11) is 0. The Morgan fingerprint density at radius 1 is 1.17 bits per heavy atom. The molecule has 0 amide bonds. The molecule has 3 fully saturated rings. The SMILES string of the molecule is C=C1CCC2C(CO)C(C3(C)CCC(O)CC3C=Cc3ccccn3)CCC12C. The number of rotatable bonds is 4. The van der Waals surface area contributed by atoms with Crippen LogP contribution in [0.25, 0.3) is 6.08 Å². The molecule has 0 aromatic carbocycles. The van der Waals surface area contributed by atoms with Gasteiger partial charge >= 0.3 is 0 Å². The molecular formula is C26H37NO2. The summed E-state index contributed by atoms with van der Waals surface area (Å²) in [5.41, 5.74) is 2.67. The maximum absolute atomic E-state index is 10.5. The molecule has 7 atom stereocenters. The molecule has 4 rings (SSSR count). The molecule has 0 saturated heterocycles. The van der Waals surface area contributed by atoms with Crippen LogP contribution in [0.2, 0.25) is 0 Å². The van der Waals surface area contributed by atoms with Gasteiger partial charge in [-0.1, -0.05) is 38.1 Å². The molecule has 1 aromatic heterocycles.